The number of aryl methyl sites for hydroxylation is 2. The highest BCUT2D eigenvalue weighted by molar-refractivity contribution is 6.05. The van der Waals surface area contributed by atoms with Crippen LogP contribution in [0.3, 0.4) is 0 Å². The first kappa shape index (κ1) is 11.5. The maximum atomic E-state index is 4.85. The first-order valence-electron chi connectivity index (χ1n) is 7.22. The molecule has 0 radical (unpaired) electrons. The number of benzene rings is 1. The summed E-state index contributed by atoms with van der Waals surface area (Å²) in [6, 6.07) is 12.8. The summed E-state index contributed by atoms with van der Waals surface area (Å²) in [6.07, 6.45) is 2.05. The van der Waals surface area contributed by atoms with Crippen LogP contribution in [0, 0.1) is 0 Å². The molecule has 3 heteroatoms. The van der Waals surface area contributed by atoms with Crippen LogP contribution in [0.25, 0.3) is 27.7 Å². The first-order valence-corrected chi connectivity index (χ1v) is 7.22. The van der Waals surface area contributed by atoms with E-state index in [9.17, 15) is 0 Å². The van der Waals surface area contributed by atoms with Gasteiger partial charge in [0.25, 0.3) is 0 Å². The Morgan fingerprint density at radius 2 is 1.95 bits per heavy atom. The minimum absolute atomic E-state index is 1.01. The fourth-order valence-corrected chi connectivity index (χ4v) is 3.00. The highest BCUT2D eigenvalue weighted by Gasteiger charge is 2.13. The molecule has 0 amide bonds. The largest absolute Gasteiger partial charge is 0.339 e. The second-order valence-electron chi connectivity index (χ2n) is 5.24. The van der Waals surface area contributed by atoms with Gasteiger partial charge >= 0.3 is 0 Å². The van der Waals surface area contributed by atoms with E-state index in [4.69, 9.17) is 4.98 Å². The van der Waals surface area contributed by atoms with E-state index in [1.165, 1.54) is 16.6 Å². The summed E-state index contributed by atoms with van der Waals surface area (Å²) in [7, 11) is 0. The number of H-pyrrole nitrogens is 1. The molecule has 0 aliphatic carbocycles. The number of fused-ring (bicyclic) bond motifs is 5. The van der Waals surface area contributed by atoms with E-state index in [0.717, 1.165) is 35.2 Å². The van der Waals surface area contributed by atoms with E-state index in [-0.39, 0.29) is 0 Å². The third kappa shape index (κ3) is 1.43. The predicted octanol–water partition coefficient (Wildman–Crippen LogP) is 4.09. The topological polar surface area (TPSA) is 33.1 Å². The number of nitrogens with one attached hydrogen (secondary N) is 1. The van der Waals surface area contributed by atoms with Crippen LogP contribution in [0.1, 0.15) is 25.1 Å². The summed E-state index contributed by atoms with van der Waals surface area (Å²) >= 11 is 0. The van der Waals surface area contributed by atoms with Gasteiger partial charge in [-0.1, -0.05) is 32.0 Å². The summed E-state index contributed by atoms with van der Waals surface area (Å²) in [5.41, 5.74) is 7.05. The van der Waals surface area contributed by atoms with Gasteiger partial charge in [-0.25, -0.2) is 4.98 Å². The number of pyridine rings is 1. The van der Waals surface area contributed by atoms with Crippen molar-refractivity contribution < 1.29 is 0 Å². The van der Waals surface area contributed by atoms with Crippen LogP contribution in [0.15, 0.2) is 36.4 Å². The van der Waals surface area contributed by atoms with Gasteiger partial charge in [0, 0.05) is 16.6 Å². The normalized spacial score (nSPS) is 11.9. The molecule has 0 fully saturated rings. The van der Waals surface area contributed by atoms with Gasteiger partial charge in [0.1, 0.15) is 16.8 Å². The molecule has 0 saturated carbocycles. The number of hydrogen-bond acceptors (Lipinski definition) is 1. The van der Waals surface area contributed by atoms with Gasteiger partial charge in [-0.2, -0.15) is 0 Å². The predicted molar refractivity (Wildman–Crippen MR) is 83.3 cm³/mol. The monoisotopic (exact) mass is 263 g/mol. The summed E-state index contributed by atoms with van der Waals surface area (Å²) in [5.74, 6) is 0. The lowest BCUT2D eigenvalue weighted by atomic mass is 10.1. The van der Waals surface area contributed by atoms with Crippen LogP contribution in [-0.2, 0) is 12.8 Å². The van der Waals surface area contributed by atoms with Crippen molar-refractivity contribution >= 4 is 27.7 Å². The van der Waals surface area contributed by atoms with Crippen LogP contribution in [0.2, 0.25) is 0 Å². The summed E-state index contributed by atoms with van der Waals surface area (Å²) in [5, 5.41) is 1.20. The van der Waals surface area contributed by atoms with Crippen molar-refractivity contribution in [2.45, 2.75) is 26.7 Å². The summed E-state index contributed by atoms with van der Waals surface area (Å²) in [4.78, 5) is 8.37. The molecule has 3 nitrogen and oxygen atoms in total. The minimum atomic E-state index is 1.01. The fraction of sp³-hybridized carbons (Fsp3) is 0.235. The van der Waals surface area contributed by atoms with Gasteiger partial charge in [-0.3, -0.25) is 4.40 Å². The molecule has 100 valence electrons. The molecule has 3 heterocycles. The molecular weight excluding hydrogens is 246 g/mol. The Bertz CT molecular complexity index is 928. The van der Waals surface area contributed by atoms with E-state index in [1.807, 2.05) is 0 Å². The zero-order valence-corrected chi connectivity index (χ0v) is 11.8. The minimum Gasteiger partial charge on any atom is -0.339 e. The van der Waals surface area contributed by atoms with Gasteiger partial charge < -0.3 is 4.98 Å². The first-order chi connectivity index (χ1) is 9.81. The number of hydrogen-bond donors (Lipinski definition) is 1. The molecule has 0 bridgehead atoms. The molecule has 1 aromatic carbocycles. The Balaban J connectivity index is 2.21. The SMILES string of the molecule is CCc1cc(CC)n2c(c1)nc1c3ccccc3[nH]c12. The van der Waals surface area contributed by atoms with E-state index in [2.05, 4.69) is 59.6 Å². The van der Waals surface area contributed by atoms with Gasteiger partial charge in [0.2, 0.25) is 0 Å². The molecule has 0 unspecified atom stereocenters. The third-order valence-corrected chi connectivity index (χ3v) is 4.06. The van der Waals surface area contributed by atoms with Crippen molar-refractivity contribution in [3.63, 3.8) is 0 Å². The maximum Gasteiger partial charge on any atom is 0.143 e. The summed E-state index contributed by atoms with van der Waals surface area (Å²) < 4.78 is 2.26. The summed E-state index contributed by atoms with van der Waals surface area (Å²) in [6.45, 7) is 4.39. The van der Waals surface area contributed by atoms with Crippen LogP contribution in [0.4, 0.5) is 0 Å². The van der Waals surface area contributed by atoms with E-state index >= 15 is 0 Å². The molecule has 0 saturated heterocycles. The quantitative estimate of drug-likeness (QED) is 0.580. The Morgan fingerprint density at radius 1 is 1.10 bits per heavy atom. The molecule has 0 aliphatic heterocycles. The van der Waals surface area contributed by atoms with Gasteiger partial charge in [0.15, 0.2) is 0 Å². The fourth-order valence-electron chi connectivity index (χ4n) is 3.00. The van der Waals surface area contributed by atoms with Gasteiger partial charge in [0.05, 0.1) is 0 Å². The number of para-hydroxylation sites is 1. The molecule has 0 aliphatic rings. The Labute approximate surface area is 117 Å². The van der Waals surface area contributed by atoms with Crippen molar-refractivity contribution in [2.75, 3.05) is 0 Å². The molecule has 1 N–H and O–H groups in total. The van der Waals surface area contributed by atoms with Crippen LogP contribution in [0.5, 0.6) is 0 Å². The number of nitrogens with zero attached hydrogens (tertiary/aromatic N) is 2. The van der Waals surface area contributed by atoms with Crippen LogP contribution >= 0.6 is 0 Å². The van der Waals surface area contributed by atoms with Crippen LogP contribution in [-0.4, -0.2) is 14.4 Å². The second kappa shape index (κ2) is 4.10. The van der Waals surface area contributed by atoms with E-state index < -0.39 is 0 Å². The second-order valence-corrected chi connectivity index (χ2v) is 5.24. The zero-order valence-electron chi connectivity index (χ0n) is 11.8. The highest BCUT2D eigenvalue weighted by atomic mass is 15.1. The van der Waals surface area contributed by atoms with E-state index in [1.54, 1.807) is 0 Å². The Kier molecular flexibility index (Phi) is 2.36. The van der Waals surface area contributed by atoms with Gasteiger partial charge in [-0.15, -0.1) is 0 Å². The molecule has 0 atom stereocenters. The average Bonchev–Trinajstić information content (AvgIpc) is 3.01. The van der Waals surface area contributed by atoms with Crippen molar-refractivity contribution in [3.8, 4) is 0 Å². The van der Waals surface area contributed by atoms with Gasteiger partial charge in [-0.05, 0) is 36.6 Å². The lowest BCUT2D eigenvalue weighted by Crippen LogP contribution is -1.98. The van der Waals surface area contributed by atoms with Crippen molar-refractivity contribution in [3.05, 3.63) is 47.7 Å². The number of imidazole rings is 1. The molecule has 4 rings (SSSR count). The molecule has 0 spiro atoms. The average molecular weight is 263 g/mol. The van der Waals surface area contributed by atoms with Crippen LogP contribution < -0.4 is 0 Å². The number of rotatable bonds is 2. The molecular formula is C17H17N3. The lowest BCUT2D eigenvalue weighted by molar-refractivity contribution is 0.971. The zero-order chi connectivity index (χ0) is 13.7. The highest BCUT2D eigenvalue weighted by Crippen LogP contribution is 2.27. The third-order valence-electron chi connectivity index (χ3n) is 4.06. The molecule has 3 aromatic heterocycles. The smallest absolute Gasteiger partial charge is 0.143 e. The van der Waals surface area contributed by atoms with E-state index in [0.29, 0.717) is 0 Å². The van der Waals surface area contributed by atoms with Crippen molar-refractivity contribution in [2.24, 2.45) is 0 Å². The number of aromatic nitrogens is 3. The lowest BCUT2D eigenvalue weighted by Gasteiger charge is -2.06. The standard InChI is InChI=1S/C17H17N3/c1-3-11-9-12(4-2)20-15(10-11)19-16-13-7-5-6-8-14(13)18-17(16)20/h5-10,18H,3-4H2,1-2H3. The maximum absolute atomic E-state index is 4.85. The Hall–Kier alpha value is -2.29. The number of aromatic amines is 1. The van der Waals surface area contributed by atoms with Crippen molar-refractivity contribution in [1.82, 2.24) is 14.4 Å². The molecule has 20 heavy (non-hydrogen) atoms. The Morgan fingerprint density at radius 3 is 2.75 bits per heavy atom. The van der Waals surface area contributed by atoms with Crippen molar-refractivity contribution in [1.29, 1.82) is 0 Å². The molecule has 4 aromatic rings.